The summed E-state index contributed by atoms with van der Waals surface area (Å²) in [6.45, 7) is -0.395. The molecule has 0 aliphatic rings. The number of nitriles is 1. The summed E-state index contributed by atoms with van der Waals surface area (Å²) in [5, 5.41) is 35.3. The average molecular weight is 325 g/mol. The first-order valence-corrected chi connectivity index (χ1v) is 7.03. The van der Waals surface area contributed by atoms with Crippen LogP contribution < -0.4 is 0 Å². The number of rotatable bonds is 5. The normalized spacial score (nSPS) is 10.3. The highest BCUT2D eigenvalue weighted by molar-refractivity contribution is 7.99. The fourth-order valence-electron chi connectivity index (χ4n) is 1.62. The first-order chi connectivity index (χ1) is 10.1. The van der Waals surface area contributed by atoms with Gasteiger partial charge < -0.3 is 10.2 Å². The van der Waals surface area contributed by atoms with Crippen molar-refractivity contribution in [2.75, 3.05) is 5.75 Å². The number of aliphatic hydroxyl groups excluding tert-OH is 1. The van der Waals surface area contributed by atoms with Crippen LogP contribution in [0.1, 0.15) is 11.4 Å². The zero-order valence-corrected chi connectivity index (χ0v) is 12.1. The highest BCUT2D eigenvalue weighted by Gasteiger charge is 2.17. The first kappa shape index (κ1) is 15.3. The number of carboxylic acid groups (broad SMARTS) is 1. The maximum atomic E-state index is 10.7. The van der Waals surface area contributed by atoms with Crippen LogP contribution in [-0.4, -0.2) is 36.7 Å². The second-order valence-electron chi connectivity index (χ2n) is 3.85. The molecule has 0 fully saturated rings. The van der Waals surface area contributed by atoms with Crippen molar-refractivity contribution in [3.8, 4) is 11.8 Å². The number of halogens is 1. The number of nitrogens with zero attached hydrogens (tertiary/aromatic N) is 4. The predicted molar refractivity (Wildman–Crippen MR) is 75.4 cm³/mol. The van der Waals surface area contributed by atoms with Crippen molar-refractivity contribution in [1.29, 1.82) is 5.26 Å². The van der Waals surface area contributed by atoms with E-state index in [0.29, 0.717) is 16.3 Å². The summed E-state index contributed by atoms with van der Waals surface area (Å²) < 4.78 is 1.44. The van der Waals surface area contributed by atoms with Gasteiger partial charge in [0.05, 0.1) is 28.1 Å². The molecule has 1 aromatic heterocycles. The molecule has 9 heteroatoms. The van der Waals surface area contributed by atoms with Crippen LogP contribution in [0.2, 0.25) is 5.02 Å². The first-order valence-electron chi connectivity index (χ1n) is 5.66. The second-order valence-corrected chi connectivity index (χ2v) is 5.20. The van der Waals surface area contributed by atoms with Crippen molar-refractivity contribution in [2.45, 2.75) is 11.8 Å². The molecule has 0 aliphatic heterocycles. The van der Waals surface area contributed by atoms with Crippen molar-refractivity contribution in [3.63, 3.8) is 0 Å². The van der Waals surface area contributed by atoms with Gasteiger partial charge in [-0.15, -0.1) is 10.2 Å². The highest BCUT2D eigenvalue weighted by Crippen LogP contribution is 2.28. The molecule has 1 heterocycles. The van der Waals surface area contributed by atoms with Gasteiger partial charge in [-0.3, -0.25) is 9.36 Å². The van der Waals surface area contributed by atoms with E-state index in [4.69, 9.17) is 22.0 Å². The molecule has 7 nitrogen and oxygen atoms in total. The third-order valence-electron chi connectivity index (χ3n) is 2.48. The lowest BCUT2D eigenvalue weighted by molar-refractivity contribution is -0.133. The lowest BCUT2D eigenvalue weighted by Gasteiger charge is -2.10. The molecule has 0 aliphatic carbocycles. The Hall–Kier alpha value is -2.08. The van der Waals surface area contributed by atoms with Gasteiger partial charge >= 0.3 is 5.97 Å². The van der Waals surface area contributed by atoms with Gasteiger partial charge in [0, 0.05) is 0 Å². The number of thioether (sulfide) groups is 1. The summed E-state index contributed by atoms with van der Waals surface area (Å²) in [5.74, 6) is -1.00. The molecule has 2 N–H and O–H groups in total. The number of aliphatic carboxylic acids is 1. The molecule has 108 valence electrons. The highest BCUT2D eigenvalue weighted by atomic mass is 35.5. The van der Waals surface area contributed by atoms with E-state index in [1.54, 1.807) is 12.1 Å². The third kappa shape index (κ3) is 3.33. The minimum atomic E-state index is -1.00. The van der Waals surface area contributed by atoms with Crippen molar-refractivity contribution in [3.05, 3.63) is 34.6 Å². The second kappa shape index (κ2) is 6.58. The van der Waals surface area contributed by atoms with Crippen LogP contribution in [0.3, 0.4) is 0 Å². The minimum Gasteiger partial charge on any atom is -0.481 e. The topological polar surface area (TPSA) is 112 Å². The number of hydrogen-bond acceptors (Lipinski definition) is 6. The molecule has 0 radical (unpaired) electrons. The standard InChI is InChI=1S/C12H9ClN4O3S/c13-8-2-1-7(4-14)3-9(8)17-10(5-18)15-16-12(17)21-6-11(19)20/h1-3,18H,5-6H2,(H,19,20). The Morgan fingerprint density at radius 2 is 2.24 bits per heavy atom. The van der Waals surface area contributed by atoms with Crippen molar-refractivity contribution in [1.82, 2.24) is 14.8 Å². The molecule has 0 saturated heterocycles. The molecule has 0 spiro atoms. The van der Waals surface area contributed by atoms with Gasteiger partial charge in [0.1, 0.15) is 6.61 Å². The molecular formula is C12H9ClN4O3S. The Labute approximate surface area is 128 Å². The fraction of sp³-hybridized carbons (Fsp3) is 0.167. The Morgan fingerprint density at radius 3 is 2.86 bits per heavy atom. The summed E-state index contributed by atoms with van der Waals surface area (Å²) in [6, 6.07) is 6.61. The largest absolute Gasteiger partial charge is 0.481 e. The summed E-state index contributed by atoms with van der Waals surface area (Å²) >= 11 is 7.06. The molecule has 2 aromatic rings. The van der Waals surface area contributed by atoms with E-state index in [0.717, 1.165) is 11.8 Å². The van der Waals surface area contributed by atoms with Crippen molar-refractivity contribution < 1.29 is 15.0 Å². The van der Waals surface area contributed by atoms with Gasteiger partial charge in [0.25, 0.3) is 0 Å². The SMILES string of the molecule is N#Cc1ccc(Cl)c(-n2c(CO)nnc2SCC(=O)O)c1. The number of hydrogen-bond donors (Lipinski definition) is 2. The van der Waals surface area contributed by atoms with Crippen LogP contribution in [0.5, 0.6) is 0 Å². The van der Waals surface area contributed by atoms with E-state index in [1.165, 1.54) is 10.6 Å². The monoisotopic (exact) mass is 324 g/mol. The maximum absolute atomic E-state index is 10.7. The summed E-state index contributed by atoms with van der Waals surface area (Å²) in [5.41, 5.74) is 0.791. The number of carbonyl (C=O) groups is 1. The van der Waals surface area contributed by atoms with Gasteiger partial charge in [-0.05, 0) is 18.2 Å². The van der Waals surface area contributed by atoms with Gasteiger partial charge in [-0.25, -0.2) is 0 Å². The van der Waals surface area contributed by atoms with Gasteiger partial charge in [0.2, 0.25) is 0 Å². The Kier molecular flexibility index (Phi) is 4.80. The van der Waals surface area contributed by atoms with E-state index in [2.05, 4.69) is 10.2 Å². The van der Waals surface area contributed by atoms with Crippen LogP contribution >= 0.6 is 23.4 Å². The van der Waals surface area contributed by atoms with Gasteiger partial charge in [-0.2, -0.15) is 5.26 Å². The summed E-state index contributed by atoms with van der Waals surface area (Å²) in [6.07, 6.45) is 0. The smallest absolute Gasteiger partial charge is 0.313 e. The van der Waals surface area contributed by atoms with E-state index >= 15 is 0 Å². The fourth-order valence-corrected chi connectivity index (χ4v) is 2.50. The Bertz CT molecular complexity index is 726. The average Bonchev–Trinajstić information content (AvgIpc) is 2.88. The van der Waals surface area contributed by atoms with E-state index < -0.39 is 12.6 Å². The summed E-state index contributed by atoms with van der Waals surface area (Å²) in [7, 11) is 0. The van der Waals surface area contributed by atoms with Crippen LogP contribution in [-0.2, 0) is 11.4 Å². The Morgan fingerprint density at radius 1 is 1.48 bits per heavy atom. The lowest BCUT2D eigenvalue weighted by Crippen LogP contribution is -2.06. The molecule has 0 saturated carbocycles. The minimum absolute atomic E-state index is 0.208. The predicted octanol–water partition coefficient (Wildman–Crippen LogP) is 1.46. The van der Waals surface area contributed by atoms with E-state index in [-0.39, 0.29) is 16.7 Å². The third-order valence-corrected chi connectivity index (χ3v) is 3.72. The molecule has 0 bridgehead atoms. The van der Waals surface area contributed by atoms with Crippen molar-refractivity contribution in [2.24, 2.45) is 0 Å². The quantitative estimate of drug-likeness (QED) is 0.800. The number of benzene rings is 1. The molecule has 0 atom stereocenters. The number of aromatic nitrogens is 3. The lowest BCUT2D eigenvalue weighted by atomic mass is 10.2. The maximum Gasteiger partial charge on any atom is 0.313 e. The zero-order chi connectivity index (χ0) is 15.4. The van der Waals surface area contributed by atoms with E-state index in [9.17, 15) is 9.90 Å². The molecule has 21 heavy (non-hydrogen) atoms. The molecule has 1 aromatic carbocycles. The van der Waals surface area contributed by atoms with Crippen LogP contribution in [0.25, 0.3) is 5.69 Å². The Balaban J connectivity index is 2.53. The molecule has 0 amide bonds. The van der Waals surface area contributed by atoms with Crippen molar-refractivity contribution >= 4 is 29.3 Å². The van der Waals surface area contributed by atoms with Crippen LogP contribution in [0.4, 0.5) is 0 Å². The molecular weight excluding hydrogens is 316 g/mol. The number of aliphatic hydroxyl groups is 1. The number of carboxylic acids is 1. The van der Waals surface area contributed by atoms with Crippen LogP contribution in [0.15, 0.2) is 23.4 Å². The summed E-state index contributed by atoms with van der Waals surface area (Å²) in [4.78, 5) is 10.7. The van der Waals surface area contributed by atoms with Crippen LogP contribution in [0, 0.1) is 11.3 Å². The van der Waals surface area contributed by atoms with Gasteiger partial charge in [-0.1, -0.05) is 23.4 Å². The molecule has 0 unspecified atom stereocenters. The molecule has 2 rings (SSSR count). The zero-order valence-electron chi connectivity index (χ0n) is 10.5. The van der Waals surface area contributed by atoms with E-state index in [1.807, 2.05) is 6.07 Å². The van der Waals surface area contributed by atoms with Gasteiger partial charge in [0.15, 0.2) is 11.0 Å².